The maximum absolute atomic E-state index is 12.8. The van der Waals surface area contributed by atoms with Crippen LogP contribution in [0.5, 0.6) is 5.75 Å². The number of thiophene rings is 1. The average molecular weight is 409 g/mol. The molecular formula is C22H24N4O2S. The van der Waals surface area contributed by atoms with E-state index in [0.29, 0.717) is 18.7 Å². The molecule has 0 radical (unpaired) electrons. The van der Waals surface area contributed by atoms with Crippen LogP contribution in [0.3, 0.4) is 0 Å². The molecule has 3 aromatic rings. The largest absolute Gasteiger partial charge is 0.491 e. The number of carbonyl (C=O) groups is 1. The van der Waals surface area contributed by atoms with Crippen LogP contribution < -0.4 is 9.64 Å². The monoisotopic (exact) mass is 408 g/mol. The van der Waals surface area contributed by atoms with E-state index < -0.39 is 0 Å². The lowest BCUT2D eigenvalue weighted by Crippen LogP contribution is -2.49. The second-order valence-electron chi connectivity index (χ2n) is 7.22. The van der Waals surface area contributed by atoms with E-state index in [1.807, 2.05) is 72.7 Å². The Balaban J connectivity index is 1.34. The van der Waals surface area contributed by atoms with Gasteiger partial charge in [0.05, 0.1) is 11.0 Å². The summed E-state index contributed by atoms with van der Waals surface area (Å²) in [6.45, 7) is 6.78. The summed E-state index contributed by atoms with van der Waals surface area (Å²) in [5, 5.41) is 10.8. The van der Waals surface area contributed by atoms with E-state index in [1.165, 1.54) is 0 Å². The normalized spacial score (nSPS) is 14.3. The minimum absolute atomic E-state index is 0.0554. The van der Waals surface area contributed by atoms with E-state index in [-0.39, 0.29) is 12.0 Å². The number of ether oxygens (including phenoxy) is 1. The molecule has 1 aliphatic heterocycles. The lowest BCUT2D eigenvalue weighted by Gasteiger charge is -2.35. The maximum Gasteiger partial charge on any atom is 0.253 e. The van der Waals surface area contributed by atoms with Crippen LogP contribution in [0.2, 0.25) is 0 Å². The quantitative estimate of drug-likeness (QED) is 0.640. The fraction of sp³-hybridized carbons (Fsp3) is 0.318. The predicted molar refractivity (Wildman–Crippen MR) is 116 cm³/mol. The molecule has 0 bridgehead atoms. The number of amides is 1. The molecule has 150 valence electrons. The standard InChI is InChI=1S/C22H24N4O2S/c1-16(2)28-18-7-5-17(6-8-18)22(27)26-13-11-25(12-14-26)21-10-9-19(23-24-21)20-4-3-15-29-20/h3-10,15-16H,11-14H2,1-2H3. The van der Waals surface area contributed by atoms with E-state index >= 15 is 0 Å². The summed E-state index contributed by atoms with van der Waals surface area (Å²) < 4.78 is 5.65. The van der Waals surface area contributed by atoms with Gasteiger partial charge in [0.25, 0.3) is 5.91 Å². The molecule has 0 unspecified atom stereocenters. The first-order valence-corrected chi connectivity index (χ1v) is 10.7. The van der Waals surface area contributed by atoms with Crippen LogP contribution in [-0.2, 0) is 0 Å². The molecular weight excluding hydrogens is 384 g/mol. The molecule has 1 aromatic carbocycles. The molecule has 1 fully saturated rings. The van der Waals surface area contributed by atoms with Gasteiger partial charge < -0.3 is 14.5 Å². The summed E-state index contributed by atoms with van der Waals surface area (Å²) in [7, 11) is 0. The van der Waals surface area contributed by atoms with Crippen LogP contribution in [0.1, 0.15) is 24.2 Å². The highest BCUT2D eigenvalue weighted by Crippen LogP contribution is 2.23. The second-order valence-corrected chi connectivity index (χ2v) is 8.17. The van der Waals surface area contributed by atoms with Crippen molar-refractivity contribution >= 4 is 23.1 Å². The number of anilines is 1. The van der Waals surface area contributed by atoms with Crippen LogP contribution in [0.25, 0.3) is 10.6 Å². The molecule has 3 heterocycles. The first kappa shape index (κ1) is 19.4. The Bertz CT molecular complexity index is 932. The third-order valence-corrected chi connectivity index (χ3v) is 5.68. The van der Waals surface area contributed by atoms with Crippen molar-refractivity contribution in [2.45, 2.75) is 20.0 Å². The molecule has 0 spiro atoms. The molecule has 6 nitrogen and oxygen atoms in total. The highest BCUT2D eigenvalue weighted by atomic mass is 32.1. The van der Waals surface area contributed by atoms with E-state index in [0.717, 1.165) is 35.2 Å². The number of piperazine rings is 1. The zero-order valence-electron chi connectivity index (χ0n) is 16.6. The molecule has 29 heavy (non-hydrogen) atoms. The molecule has 0 aliphatic carbocycles. The van der Waals surface area contributed by atoms with Crippen molar-refractivity contribution in [1.29, 1.82) is 0 Å². The van der Waals surface area contributed by atoms with Gasteiger partial charge >= 0.3 is 0 Å². The van der Waals surface area contributed by atoms with Gasteiger partial charge in [-0.3, -0.25) is 4.79 Å². The first-order chi connectivity index (χ1) is 14.1. The Morgan fingerprint density at radius 2 is 1.76 bits per heavy atom. The van der Waals surface area contributed by atoms with Gasteiger partial charge in [0, 0.05) is 31.7 Å². The third kappa shape index (κ3) is 4.56. The molecule has 0 N–H and O–H groups in total. The number of carbonyl (C=O) groups excluding carboxylic acids is 1. The Labute approximate surface area is 174 Å². The zero-order valence-corrected chi connectivity index (χ0v) is 17.4. The van der Waals surface area contributed by atoms with Gasteiger partial charge in [-0.25, -0.2) is 0 Å². The number of hydrogen-bond donors (Lipinski definition) is 0. The van der Waals surface area contributed by atoms with Gasteiger partial charge in [-0.2, -0.15) is 0 Å². The van der Waals surface area contributed by atoms with Gasteiger partial charge in [0.1, 0.15) is 11.4 Å². The smallest absolute Gasteiger partial charge is 0.253 e. The topological polar surface area (TPSA) is 58.6 Å². The summed E-state index contributed by atoms with van der Waals surface area (Å²) in [6, 6.07) is 15.4. The fourth-order valence-electron chi connectivity index (χ4n) is 3.32. The highest BCUT2D eigenvalue weighted by molar-refractivity contribution is 7.13. The fourth-order valence-corrected chi connectivity index (χ4v) is 4.01. The summed E-state index contributed by atoms with van der Waals surface area (Å²) in [5.74, 6) is 1.69. The number of nitrogens with zero attached hydrogens (tertiary/aromatic N) is 4. The lowest BCUT2D eigenvalue weighted by atomic mass is 10.1. The third-order valence-electron chi connectivity index (χ3n) is 4.79. The molecule has 1 saturated heterocycles. The first-order valence-electron chi connectivity index (χ1n) is 9.79. The van der Waals surface area contributed by atoms with Crippen molar-refractivity contribution in [2.24, 2.45) is 0 Å². The Hall–Kier alpha value is -2.93. The van der Waals surface area contributed by atoms with E-state index in [2.05, 4.69) is 15.1 Å². The lowest BCUT2D eigenvalue weighted by molar-refractivity contribution is 0.0746. The van der Waals surface area contributed by atoms with Crippen LogP contribution in [0.4, 0.5) is 5.82 Å². The molecule has 0 atom stereocenters. The van der Waals surface area contributed by atoms with Gasteiger partial charge in [-0.1, -0.05) is 6.07 Å². The summed E-state index contributed by atoms with van der Waals surface area (Å²) >= 11 is 1.65. The van der Waals surface area contributed by atoms with Crippen molar-refractivity contribution in [2.75, 3.05) is 31.1 Å². The highest BCUT2D eigenvalue weighted by Gasteiger charge is 2.23. The minimum atomic E-state index is 0.0554. The van der Waals surface area contributed by atoms with E-state index in [1.54, 1.807) is 11.3 Å². The van der Waals surface area contributed by atoms with Crippen molar-refractivity contribution in [1.82, 2.24) is 15.1 Å². The van der Waals surface area contributed by atoms with Gasteiger partial charge in [0.15, 0.2) is 5.82 Å². The Morgan fingerprint density at radius 3 is 2.34 bits per heavy atom. The van der Waals surface area contributed by atoms with Gasteiger partial charge in [0.2, 0.25) is 0 Å². The summed E-state index contributed by atoms with van der Waals surface area (Å²) in [4.78, 5) is 18.0. The van der Waals surface area contributed by atoms with Crippen LogP contribution in [0, 0.1) is 0 Å². The van der Waals surface area contributed by atoms with Crippen LogP contribution >= 0.6 is 11.3 Å². The molecule has 7 heteroatoms. The summed E-state index contributed by atoms with van der Waals surface area (Å²) in [5.41, 5.74) is 1.58. The van der Waals surface area contributed by atoms with Crippen LogP contribution in [-0.4, -0.2) is 53.3 Å². The summed E-state index contributed by atoms with van der Waals surface area (Å²) in [6.07, 6.45) is 0.118. The molecule has 4 rings (SSSR count). The zero-order chi connectivity index (χ0) is 20.2. The predicted octanol–water partition coefficient (Wildman–Crippen LogP) is 3.95. The average Bonchev–Trinajstić information content (AvgIpc) is 3.29. The van der Waals surface area contributed by atoms with Crippen molar-refractivity contribution in [3.8, 4) is 16.3 Å². The van der Waals surface area contributed by atoms with Crippen molar-refractivity contribution in [3.63, 3.8) is 0 Å². The van der Waals surface area contributed by atoms with E-state index in [9.17, 15) is 4.79 Å². The van der Waals surface area contributed by atoms with Crippen LogP contribution in [0.15, 0.2) is 53.9 Å². The molecule has 1 aliphatic rings. The number of hydrogen-bond acceptors (Lipinski definition) is 6. The number of benzene rings is 1. The van der Waals surface area contributed by atoms with Crippen molar-refractivity contribution in [3.05, 3.63) is 59.5 Å². The minimum Gasteiger partial charge on any atom is -0.491 e. The number of rotatable bonds is 5. The Kier molecular flexibility index (Phi) is 5.76. The van der Waals surface area contributed by atoms with Gasteiger partial charge in [-0.05, 0) is 61.7 Å². The molecule has 1 amide bonds. The second kappa shape index (κ2) is 8.61. The maximum atomic E-state index is 12.8. The SMILES string of the molecule is CC(C)Oc1ccc(C(=O)N2CCN(c3ccc(-c4cccs4)nn3)CC2)cc1. The number of aromatic nitrogens is 2. The Morgan fingerprint density at radius 1 is 1.00 bits per heavy atom. The van der Waals surface area contributed by atoms with Gasteiger partial charge in [-0.15, -0.1) is 21.5 Å². The van der Waals surface area contributed by atoms with Crippen molar-refractivity contribution < 1.29 is 9.53 Å². The molecule has 2 aromatic heterocycles. The molecule has 0 saturated carbocycles. The van der Waals surface area contributed by atoms with E-state index in [4.69, 9.17) is 4.74 Å².